The van der Waals surface area contributed by atoms with Gasteiger partial charge in [0, 0.05) is 5.56 Å². The van der Waals surface area contributed by atoms with Crippen molar-refractivity contribution in [2.75, 3.05) is 0 Å². The third-order valence-corrected chi connectivity index (χ3v) is 3.70. The number of nitrogens with zero attached hydrogens (tertiary/aromatic N) is 1. The molecule has 2 aromatic carbocycles. The number of benzene rings is 2. The summed E-state index contributed by atoms with van der Waals surface area (Å²) in [6, 6.07) is 9.80. The standard InChI is InChI=1S/C19H13F3N2O/c1-2-3-12-4-9-17(25)15(10-12)18-23-11-16(24-18)13-5-7-14(8-6-13)19(20,21)22/h2,4-10,25H,1,3H2/p+1. The normalized spacial score (nSPS) is 13.6. The lowest BCUT2D eigenvalue weighted by molar-refractivity contribution is -0.301. The van der Waals surface area contributed by atoms with Crippen LogP contribution in [0.15, 0.2) is 60.1 Å². The summed E-state index contributed by atoms with van der Waals surface area (Å²) in [7, 11) is 0. The van der Waals surface area contributed by atoms with Crippen molar-refractivity contribution in [2.45, 2.75) is 12.6 Å². The first kappa shape index (κ1) is 16.7. The summed E-state index contributed by atoms with van der Waals surface area (Å²) >= 11 is 0. The SMILES string of the molecule is C=CCc1ccc(O)c(C2=NC(c3ccc(C(F)(F)F)cc3)=C=[NH+]2)c1. The fourth-order valence-electron chi connectivity index (χ4n) is 2.43. The van der Waals surface area contributed by atoms with Gasteiger partial charge in [-0.05, 0) is 53.4 Å². The zero-order valence-electron chi connectivity index (χ0n) is 13.1. The molecule has 0 unspecified atom stereocenters. The van der Waals surface area contributed by atoms with Crippen LogP contribution in [0.3, 0.4) is 0 Å². The predicted molar refractivity (Wildman–Crippen MR) is 89.4 cm³/mol. The molecule has 2 N–H and O–H groups in total. The Labute approximate surface area is 142 Å². The highest BCUT2D eigenvalue weighted by Gasteiger charge is 2.30. The molecule has 3 rings (SSSR count). The Morgan fingerprint density at radius 1 is 1.16 bits per heavy atom. The van der Waals surface area contributed by atoms with E-state index in [1.165, 1.54) is 12.1 Å². The topological polar surface area (TPSA) is 46.6 Å². The Kier molecular flexibility index (Phi) is 4.30. The summed E-state index contributed by atoms with van der Waals surface area (Å²) in [6.45, 7) is 3.68. The third kappa shape index (κ3) is 3.54. The maximum atomic E-state index is 12.6. The Bertz CT molecular complexity index is 919. The van der Waals surface area contributed by atoms with Gasteiger partial charge in [-0.25, -0.2) is 0 Å². The van der Waals surface area contributed by atoms with Crippen LogP contribution in [-0.4, -0.2) is 16.8 Å². The number of amidine groups is 1. The number of allylic oxidation sites excluding steroid dienone is 1. The zero-order chi connectivity index (χ0) is 18.0. The van der Waals surface area contributed by atoms with Crippen molar-refractivity contribution >= 4 is 17.4 Å². The highest BCUT2D eigenvalue weighted by molar-refractivity contribution is 6.05. The van der Waals surface area contributed by atoms with Crippen molar-refractivity contribution in [2.24, 2.45) is 4.99 Å². The van der Waals surface area contributed by atoms with Crippen molar-refractivity contribution in [1.82, 2.24) is 0 Å². The van der Waals surface area contributed by atoms with E-state index in [1.54, 1.807) is 24.3 Å². The lowest BCUT2D eigenvalue weighted by Gasteiger charge is -2.05. The lowest BCUT2D eigenvalue weighted by Crippen LogP contribution is -2.71. The summed E-state index contributed by atoms with van der Waals surface area (Å²) in [5.41, 5.74) is 1.60. The van der Waals surface area contributed by atoms with Gasteiger partial charge in [0.2, 0.25) is 0 Å². The molecular weight excluding hydrogens is 329 g/mol. The van der Waals surface area contributed by atoms with E-state index in [1.807, 2.05) is 0 Å². The predicted octanol–water partition coefficient (Wildman–Crippen LogP) is 2.69. The van der Waals surface area contributed by atoms with Crippen LogP contribution in [0.1, 0.15) is 22.3 Å². The van der Waals surface area contributed by atoms with E-state index < -0.39 is 11.7 Å². The van der Waals surface area contributed by atoms with E-state index in [9.17, 15) is 18.3 Å². The van der Waals surface area contributed by atoms with Gasteiger partial charge in [-0.15, -0.1) is 6.58 Å². The van der Waals surface area contributed by atoms with Crippen LogP contribution in [0.5, 0.6) is 5.75 Å². The number of aromatic hydroxyl groups is 1. The Morgan fingerprint density at radius 3 is 2.52 bits per heavy atom. The summed E-state index contributed by atoms with van der Waals surface area (Å²) in [4.78, 5) is 7.16. The molecule has 0 aromatic heterocycles. The largest absolute Gasteiger partial charge is 0.507 e. The second-order valence-electron chi connectivity index (χ2n) is 5.48. The summed E-state index contributed by atoms with van der Waals surface area (Å²) in [5, 5.41) is 10.0. The van der Waals surface area contributed by atoms with Gasteiger partial charge >= 0.3 is 12.0 Å². The average molecular weight is 343 g/mol. The molecular formula is C19H14F3N2O+. The number of rotatable bonds is 4. The van der Waals surface area contributed by atoms with E-state index in [0.717, 1.165) is 17.7 Å². The van der Waals surface area contributed by atoms with E-state index in [0.29, 0.717) is 29.1 Å². The molecule has 0 saturated heterocycles. The highest BCUT2D eigenvalue weighted by Crippen LogP contribution is 2.30. The number of aliphatic imine (C=N–C) groups is 1. The molecule has 0 aliphatic carbocycles. The van der Waals surface area contributed by atoms with Crippen LogP contribution in [-0.2, 0) is 12.6 Å². The van der Waals surface area contributed by atoms with E-state index in [2.05, 4.69) is 22.4 Å². The van der Waals surface area contributed by atoms with Crippen LogP contribution >= 0.6 is 0 Å². The maximum absolute atomic E-state index is 12.6. The molecule has 0 amide bonds. The van der Waals surface area contributed by atoms with Crippen molar-refractivity contribution < 1.29 is 23.3 Å². The van der Waals surface area contributed by atoms with Crippen molar-refractivity contribution in [3.63, 3.8) is 0 Å². The quantitative estimate of drug-likeness (QED) is 0.824. The summed E-state index contributed by atoms with van der Waals surface area (Å²) in [6.07, 6.45) is -1.99. The molecule has 25 heavy (non-hydrogen) atoms. The van der Waals surface area contributed by atoms with Gasteiger partial charge < -0.3 is 5.11 Å². The fourth-order valence-corrected chi connectivity index (χ4v) is 2.43. The maximum Gasteiger partial charge on any atom is 0.416 e. The number of phenols is 1. The molecule has 0 bridgehead atoms. The smallest absolute Gasteiger partial charge is 0.416 e. The molecule has 1 heterocycles. The zero-order valence-corrected chi connectivity index (χ0v) is 13.1. The van der Waals surface area contributed by atoms with Gasteiger partial charge in [0.05, 0.1) is 5.56 Å². The van der Waals surface area contributed by atoms with Crippen LogP contribution in [0.4, 0.5) is 13.2 Å². The first-order chi connectivity index (χ1) is 11.9. The highest BCUT2D eigenvalue weighted by atomic mass is 19.4. The Hall–Kier alpha value is -3.11. The van der Waals surface area contributed by atoms with E-state index in [4.69, 9.17) is 0 Å². The lowest BCUT2D eigenvalue weighted by atomic mass is 10.1. The van der Waals surface area contributed by atoms with E-state index >= 15 is 0 Å². The molecule has 0 atom stereocenters. The third-order valence-electron chi connectivity index (χ3n) is 3.70. The average Bonchev–Trinajstić information content (AvgIpc) is 3.06. The molecule has 1 aliphatic rings. The number of phenolic OH excluding ortho intramolecular Hbond substituents is 1. The van der Waals surface area contributed by atoms with Crippen LogP contribution in [0, 0.1) is 0 Å². The minimum Gasteiger partial charge on any atom is -0.507 e. The van der Waals surface area contributed by atoms with Gasteiger partial charge in [0.1, 0.15) is 17.2 Å². The van der Waals surface area contributed by atoms with Crippen molar-refractivity contribution in [3.8, 4) is 5.75 Å². The number of alkyl halides is 3. The number of hydrogen-bond donors (Lipinski definition) is 2. The molecule has 1 aliphatic heterocycles. The molecule has 0 saturated carbocycles. The van der Waals surface area contributed by atoms with Crippen molar-refractivity contribution in [1.29, 1.82) is 0 Å². The minimum atomic E-state index is -4.38. The second kappa shape index (κ2) is 6.42. The molecule has 0 spiro atoms. The molecule has 126 valence electrons. The molecule has 6 heteroatoms. The molecule has 2 aromatic rings. The van der Waals surface area contributed by atoms with Crippen LogP contribution in [0.2, 0.25) is 0 Å². The van der Waals surface area contributed by atoms with Gasteiger partial charge in [0.15, 0.2) is 0 Å². The number of hydrogen-bond acceptors (Lipinski definition) is 2. The van der Waals surface area contributed by atoms with Crippen LogP contribution in [0.25, 0.3) is 5.70 Å². The fraction of sp³-hybridized carbons (Fsp3) is 0.105. The van der Waals surface area contributed by atoms with E-state index in [-0.39, 0.29) is 5.75 Å². The monoisotopic (exact) mass is 343 g/mol. The first-order valence-electron chi connectivity index (χ1n) is 7.47. The van der Waals surface area contributed by atoms with Crippen LogP contribution < -0.4 is 4.99 Å². The van der Waals surface area contributed by atoms with Gasteiger partial charge in [-0.1, -0.05) is 12.1 Å². The minimum absolute atomic E-state index is 0.0505. The molecule has 0 radical (unpaired) electrons. The first-order valence-corrected chi connectivity index (χ1v) is 7.47. The summed E-state index contributed by atoms with van der Waals surface area (Å²) < 4.78 is 37.9. The van der Waals surface area contributed by atoms with Gasteiger partial charge in [0.25, 0.3) is 5.70 Å². The number of nitrogens with one attached hydrogen (secondary N) is 1. The Balaban J connectivity index is 1.89. The Morgan fingerprint density at radius 2 is 1.88 bits per heavy atom. The molecule has 3 nitrogen and oxygen atoms in total. The molecule has 0 fully saturated rings. The van der Waals surface area contributed by atoms with Gasteiger partial charge in [-0.3, -0.25) is 0 Å². The van der Waals surface area contributed by atoms with Gasteiger partial charge in [-0.2, -0.15) is 18.2 Å². The summed E-state index contributed by atoms with van der Waals surface area (Å²) in [5.74, 6) is 3.25. The number of halogens is 3. The van der Waals surface area contributed by atoms with Crippen molar-refractivity contribution in [3.05, 3.63) is 77.4 Å². The second-order valence-corrected chi connectivity index (χ2v) is 5.48.